The van der Waals surface area contributed by atoms with E-state index < -0.39 is 18.3 Å². The van der Waals surface area contributed by atoms with Gasteiger partial charge in [0.2, 0.25) is 0 Å². The van der Waals surface area contributed by atoms with E-state index in [1.807, 2.05) is 41.5 Å². The monoisotopic (exact) mass is 320 g/mol. The molecule has 5 nitrogen and oxygen atoms in total. The van der Waals surface area contributed by atoms with Crippen LogP contribution in [0.5, 0.6) is 11.5 Å². The summed E-state index contributed by atoms with van der Waals surface area (Å²) in [7, 11) is -0.592. The highest BCUT2D eigenvalue weighted by atomic mass is 16.7. The molecule has 0 saturated carbocycles. The standard InChI is InChI=1S/C15H19BO5.C2H6/c1-14(2)15(3,4)21-16(20-14)11-8-13-12(7-10(11)9-17)18-5-6-19-13;1-2/h7-9H,5-6H2,1-4H3;1-2H3. The largest absolute Gasteiger partial charge is 0.495 e. The second kappa shape index (κ2) is 6.53. The van der Waals surface area contributed by atoms with Gasteiger partial charge in [-0.05, 0) is 45.3 Å². The lowest BCUT2D eigenvalue weighted by molar-refractivity contribution is 0.00578. The summed E-state index contributed by atoms with van der Waals surface area (Å²) in [5.41, 5.74) is 0.265. The van der Waals surface area contributed by atoms with Crippen molar-refractivity contribution in [3.63, 3.8) is 0 Å². The van der Waals surface area contributed by atoms with Crippen LogP contribution in [0.4, 0.5) is 0 Å². The number of fused-ring (bicyclic) bond motifs is 1. The molecule has 2 heterocycles. The minimum absolute atomic E-state index is 0.453. The Morgan fingerprint density at radius 1 is 0.957 bits per heavy atom. The molecule has 0 spiro atoms. The third-order valence-corrected chi connectivity index (χ3v) is 4.38. The molecule has 0 amide bonds. The quantitative estimate of drug-likeness (QED) is 0.619. The van der Waals surface area contributed by atoms with Gasteiger partial charge >= 0.3 is 7.12 Å². The molecule has 1 fully saturated rings. The number of rotatable bonds is 2. The van der Waals surface area contributed by atoms with Gasteiger partial charge in [-0.2, -0.15) is 0 Å². The zero-order chi connectivity index (χ0) is 17.3. The van der Waals surface area contributed by atoms with Gasteiger partial charge in [0.15, 0.2) is 11.5 Å². The molecule has 1 aromatic carbocycles. The first kappa shape index (κ1) is 17.8. The number of hydrogen-bond donors (Lipinski definition) is 0. The lowest BCUT2D eigenvalue weighted by atomic mass is 9.76. The van der Waals surface area contributed by atoms with E-state index in [2.05, 4.69) is 0 Å². The maximum absolute atomic E-state index is 11.4. The van der Waals surface area contributed by atoms with Crippen molar-refractivity contribution in [3.8, 4) is 11.5 Å². The van der Waals surface area contributed by atoms with Crippen LogP contribution >= 0.6 is 0 Å². The number of carbonyl (C=O) groups excluding carboxylic acids is 1. The van der Waals surface area contributed by atoms with Crippen LogP contribution in [-0.2, 0) is 9.31 Å². The fourth-order valence-electron chi connectivity index (χ4n) is 2.40. The predicted octanol–water partition coefficient (Wildman–Crippen LogP) is 2.60. The minimum atomic E-state index is -0.592. The van der Waals surface area contributed by atoms with Crippen LogP contribution in [0.2, 0.25) is 0 Å². The topological polar surface area (TPSA) is 54.0 Å². The molecule has 126 valence electrons. The van der Waals surface area contributed by atoms with E-state index >= 15 is 0 Å². The smallest absolute Gasteiger partial charge is 0.486 e. The minimum Gasteiger partial charge on any atom is -0.486 e. The third-order valence-electron chi connectivity index (χ3n) is 4.38. The zero-order valence-corrected chi connectivity index (χ0v) is 14.8. The lowest BCUT2D eigenvalue weighted by Crippen LogP contribution is -2.41. The van der Waals surface area contributed by atoms with Gasteiger partial charge in [0.1, 0.15) is 19.5 Å². The average Bonchev–Trinajstić information content (AvgIpc) is 2.76. The number of ether oxygens (including phenoxy) is 2. The summed E-state index contributed by atoms with van der Waals surface area (Å²) in [6.45, 7) is 12.9. The van der Waals surface area contributed by atoms with Gasteiger partial charge in [-0.1, -0.05) is 13.8 Å². The van der Waals surface area contributed by atoms with Crippen LogP contribution in [-0.4, -0.2) is 37.8 Å². The second-order valence-electron chi connectivity index (χ2n) is 6.33. The van der Waals surface area contributed by atoms with Gasteiger partial charge < -0.3 is 18.8 Å². The summed E-state index contributed by atoms with van der Waals surface area (Å²) in [6.07, 6.45) is 0.790. The highest BCUT2D eigenvalue weighted by Gasteiger charge is 2.52. The number of carbonyl (C=O) groups is 1. The van der Waals surface area contributed by atoms with E-state index in [0.717, 1.165) is 6.29 Å². The molecule has 23 heavy (non-hydrogen) atoms. The van der Waals surface area contributed by atoms with Crippen LogP contribution < -0.4 is 14.9 Å². The zero-order valence-electron chi connectivity index (χ0n) is 14.8. The first-order valence-corrected chi connectivity index (χ1v) is 8.08. The van der Waals surface area contributed by atoms with Crippen LogP contribution in [0.3, 0.4) is 0 Å². The molecule has 0 unspecified atom stereocenters. The molecule has 1 saturated heterocycles. The Labute approximate surface area is 138 Å². The number of hydrogen-bond acceptors (Lipinski definition) is 5. The molecular weight excluding hydrogens is 295 g/mol. The van der Waals surface area contributed by atoms with E-state index in [0.29, 0.717) is 35.7 Å². The Balaban J connectivity index is 0.000000924. The Morgan fingerprint density at radius 3 is 1.91 bits per heavy atom. The van der Waals surface area contributed by atoms with Crippen molar-refractivity contribution >= 4 is 18.9 Å². The lowest BCUT2D eigenvalue weighted by Gasteiger charge is -2.32. The molecule has 3 rings (SSSR count). The molecule has 0 radical (unpaired) electrons. The van der Waals surface area contributed by atoms with Gasteiger partial charge in [0.25, 0.3) is 0 Å². The first-order chi connectivity index (χ1) is 10.8. The van der Waals surface area contributed by atoms with Gasteiger partial charge in [-0.15, -0.1) is 0 Å². The van der Waals surface area contributed by atoms with Crippen molar-refractivity contribution < 1.29 is 23.6 Å². The summed E-state index contributed by atoms with van der Waals surface area (Å²) in [5.74, 6) is 1.21. The molecular formula is C17H25BO5. The van der Waals surface area contributed by atoms with Crippen LogP contribution in [0.1, 0.15) is 51.9 Å². The summed E-state index contributed by atoms with van der Waals surface area (Å²) in [6, 6.07) is 3.46. The molecule has 0 aromatic heterocycles. The molecule has 1 aromatic rings. The van der Waals surface area contributed by atoms with E-state index in [-0.39, 0.29) is 0 Å². The Morgan fingerprint density at radius 2 is 1.43 bits per heavy atom. The molecule has 6 heteroatoms. The van der Waals surface area contributed by atoms with Crippen LogP contribution in [0.15, 0.2) is 12.1 Å². The van der Waals surface area contributed by atoms with Crippen molar-refractivity contribution in [3.05, 3.63) is 17.7 Å². The summed E-state index contributed by atoms with van der Waals surface area (Å²) >= 11 is 0. The van der Waals surface area contributed by atoms with Crippen molar-refractivity contribution in [2.75, 3.05) is 13.2 Å². The van der Waals surface area contributed by atoms with E-state index in [4.69, 9.17) is 18.8 Å². The molecule has 0 N–H and O–H groups in total. The maximum atomic E-state index is 11.4. The Hall–Kier alpha value is -1.53. The molecule has 2 aliphatic rings. The van der Waals surface area contributed by atoms with Crippen molar-refractivity contribution in [1.82, 2.24) is 0 Å². The highest BCUT2D eigenvalue weighted by Crippen LogP contribution is 2.38. The summed E-state index contributed by atoms with van der Waals surface area (Å²) < 4.78 is 23.1. The van der Waals surface area contributed by atoms with Gasteiger partial charge in [-0.25, -0.2) is 0 Å². The summed E-state index contributed by atoms with van der Waals surface area (Å²) in [4.78, 5) is 11.4. The van der Waals surface area contributed by atoms with Crippen LogP contribution in [0.25, 0.3) is 0 Å². The van der Waals surface area contributed by atoms with Crippen molar-refractivity contribution in [1.29, 1.82) is 0 Å². The van der Waals surface area contributed by atoms with Gasteiger partial charge in [0, 0.05) is 5.56 Å². The third kappa shape index (κ3) is 3.24. The van der Waals surface area contributed by atoms with Gasteiger partial charge in [0.05, 0.1) is 11.2 Å². The highest BCUT2D eigenvalue weighted by molar-refractivity contribution is 6.63. The summed E-state index contributed by atoms with van der Waals surface area (Å²) in [5, 5.41) is 0. The SMILES string of the molecule is CC.CC1(C)OB(c2cc3c(cc2C=O)OCCO3)OC1(C)C. The molecule has 0 bridgehead atoms. The maximum Gasteiger partial charge on any atom is 0.495 e. The van der Waals surface area contributed by atoms with Gasteiger partial charge in [-0.3, -0.25) is 4.79 Å². The Bertz CT molecular complexity index is 567. The van der Waals surface area contributed by atoms with E-state index in [9.17, 15) is 4.79 Å². The first-order valence-electron chi connectivity index (χ1n) is 8.08. The average molecular weight is 320 g/mol. The fourth-order valence-corrected chi connectivity index (χ4v) is 2.40. The Kier molecular flexibility index (Phi) is 5.06. The number of aldehydes is 1. The van der Waals surface area contributed by atoms with Crippen LogP contribution in [0, 0.1) is 0 Å². The molecule has 2 aliphatic heterocycles. The van der Waals surface area contributed by atoms with E-state index in [1.165, 1.54) is 0 Å². The molecule has 0 aliphatic carbocycles. The van der Waals surface area contributed by atoms with E-state index in [1.54, 1.807) is 12.1 Å². The van der Waals surface area contributed by atoms with Crippen molar-refractivity contribution in [2.24, 2.45) is 0 Å². The van der Waals surface area contributed by atoms with Crippen molar-refractivity contribution in [2.45, 2.75) is 52.7 Å². The molecule has 0 atom stereocenters. The fraction of sp³-hybridized carbons (Fsp3) is 0.588. The normalized spacial score (nSPS) is 20.5. The predicted molar refractivity (Wildman–Crippen MR) is 89.9 cm³/mol. The number of benzene rings is 1. The second-order valence-corrected chi connectivity index (χ2v) is 6.33.